The lowest BCUT2D eigenvalue weighted by molar-refractivity contribution is -0.137. The summed E-state index contributed by atoms with van der Waals surface area (Å²) >= 11 is 10.6. The van der Waals surface area contributed by atoms with Crippen molar-refractivity contribution in [2.75, 3.05) is 0 Å². The SMILES string of the molecule is O=C(c1ccc(C(F)(F)F)cc1)C(Cl)Cl. The van der Waals surface area contributed by atoms with Gasteiger partial charge in [0.25, 0.3) is 0 Å². The van der Waals surface area contributed by atoms with Crippen molar-refractivity contribution in [1.29, 1.82) is 0 Å². The molecule has 6 heteroatoms. The number of alkyl halides is 5. The fraction of sp³-hybridized carbons (Fsp3) is 0.222. The summed E-state index contributed by atoms with van der Waals surface area (Å²) in [6.07, 6.45) is -4.41. The number of carbonyl (C=O) groups excluding carboxylic acids is 1. The Labute approximate surface area is 93.8 Å². The third-order valence-electron chi connectivity index (χ3n) is 1.69. The number of carbonyl (C=O) groups is 1. The van der Waals surface area contributed by atoms with Gasteiger partial charge in [0.15, 0.2) is 10.6 Å². The Bertz CT molecular complexity index is 357. The van der Waals surface area contributed by atoms with Gasteiger partial charge in [-0.05, 0) is 12.1 Å². The normalized spacial score (nSPS) is 11.9. The molecule has 0 N–H and O–H groups in total. The molecule has 15 heavy (non-hydrogen) atoms. The minimum Gasteiger partial charge on any atom is -0.291 e. The molecule has 1 aromatic carbocycles. The Morgan fingerprint density at radius 2 is 1.60 bits per heavy atom. The van der Waals surface area contributed by atoms with Gasteiger partial charge in [0.05, 0.1) is 5.56 Å². The van der Waals surface area contributed by atoms with Crippen LogP contribution in [-0.4, -0.2) is 10.6 Å². The Balaban J connectivity index is 2.96. The van der Waals surface area contributed by atoms with Crippen LogP contribution >= 0.6 is 23.2 Å². The van der Waals surface area contributed by atoms with E-state index in [1.54, 1.807) is 0 Å². The third-order valence-corrected chi connectivity index (χ3v) is 2.09. The molecule has 0 atom stereocenters. The fourth-order valence-electron chi connectivity index (χ4n) is 0.949. The molecule has 0 amide bonds. The molecular weight excluding hydrogens is 252 g/mol. The first-order valence-corrected chi connectivity index (χ1v) is 4.69. The fourth-order valence-corrected chi connectivity index (χ4v) is 1.20. The van der Waals surface area contributed by atoms with Gasteiger partial charge in [0, 0.05) is 5.56 Å². The van der Waals surface area contributed by atoms with E-state index in [9.17, 15) is 18.0 Å². The van der Waals surface area contributed by atoms with Crippen LogP contribution in [0.25, 0.3) is 0 Å². The second kappa shape index (κ2) is 4.41. The zero-order valence-corrected chi connectivity index (χ0v) is 8.70. The monoisotopic (exact) mass is 256 g/mol. The van der Waals surface area contributed by atoms with Gasteiger partial charge < -0.3 is 0 Å². The van der Waals surface area contributed by atoms with E-state index in [0.29, 0.717) is 0 Å². The van der Waals surface area contributed by atoms with Crippen molar-refractivity contribution >= 4 is 29.0 Å². The minimum absolute atomic E-state index is 0.0537. The van der Waals surface area contributed by atoms with Crippen molar-refractivity contribution in [3.05, 3.63) is 35.4 Å². The Morgan fingerprint density at radius 3 is 1.93 bits per heavy atom. The van der Waals surface area contributed by atoms with Crippen molar-refractivity contribution in [2.24, 2.45) is 0 Å². The molecule has 82 valence electrons. The summed E-state index contributed by atoms with van der Waals surface area (Å²) in [5.74, 6) is -0.618. The molecule has 0 saturated carbocycles. The van der Waals surface area contributed by atoms with Crippen LogP contribution in [0.15, 0.2) is 24.3 Å². The smallest absolute Gasteiger partial charge is 0.291 e. The maximum absolute atomic E-state index is 12.1. The van der Waals surface area contributed by atoms with E-state index in [1.165, 1.54) is 0 Å². The van der Waals surface area contributed by atoms with E-state index in [-0.39, 0.29) is 5.56 Å². The number of benzene rings is 1. The van der Waals surface area contributed by atoms with E-state index >= 15 is 0 Å². The van der Waals surface area contributed by atoms with Crippen molar-refractivity contribution < 1.29 is 18.0 Å². The van der Waals surface area contributed by atoms with Gasteiger partial charge >= 0.3 is 6.18 Å². The highest BCUT2D eigenvalue weighted by Gasteiger charge is 2.30. The predicted octanol–water partition coefficient (Wildman–Crippen LogP) is 3.69. The van der Waals surface area contributed by atoms with Gasteiger partial charge in [-0.2, -0.15) is 13.2 Å². The molecule has 1 aromatic rings. The van der Waals surface area contributed by atoms with Gasteiger partial charge in [-0.1, -0.05) is 35.3 Å². The summed E-state index contributed by atoms with van der Waals surface area (Å²) in [5.41, 5.74) is -0.766. The molecule has 0 saturated heterocycles. The van der Waals surface area contributed by atoms with Crippen LogP contribution in [0.2, 0.25) is 0 Å². The molecule has 0 unspecified atom stereocenters. The second-order valence-corrected chi connectivity index (χ2v) is 3.84. The maximum Gasteiger partial charge on any atom is 0.416 e. The molecule has 0 heterocycles. The van der Waals surface area contributed by atoms with Gasteiger partial charge in [-0.25, -0.2) is 0 Å². The largest absolute Gasteiger partial charge is 0.416 e. The lowest BCUT2D eigenvalue weighted by Crippen LogP contribution is -2.09. The highest BCUT2D eigenvalue weighted by Crippen LogP contribution is 2.29. The summed E-state index contributed by atoms with van der Waals surface area (Å²) in [6, 6.07) is 3.71. The van der Waals surface area contributed by atoms with Crippen molar-refractivity contribution in [3.63, 3.8) is 0 Å². The topological polar surface area (TPSA) is 17.1 Å². The van der Waals surface area contributed by atoms with E-state index in [2.05, 4.69) is 0 Å². The summed E-state index contributed by atoms with van der Waals surface area (Å²) < 4.78 is 36.4. The Hall–Kier alpha value is -0.740. The number of halogens is 5. The predicted molar refractivity (Wildman–Crippen MR) is 51.3 cm³/mol. The second-order valence-electron chi connectivity index (χ2n) is 2.74. The van der Waals surface area contributed by atoms with E-state index in [1.807, 2.05) is 0 Å². The van der Waals surface area contributed by atoms with E-state index < -0.39 is 22.4 Å². The molecule has 0 bridgehead atoms. The van der Waals surface area contributed by atoms with Gasteiger partial charge in [0.1, 0.15) is 0 Å². The van der Waals surface area contributed by atoms with E-state index in [4.69, 9.17) is 23.2 Å². The highest BCUT2D eigenvalue weighted by atomic mass is 35.5. The summed E-state index contributed by atoms with van der Waals surface area (Å²) in [6.45, 7) is 0. The number of Topliss-reactive ketones (excluding diaryl/α,β-unsaturated/α-hetero) is 1. The molecular formula is C9H5Cl2F3O. The molecule has 0 aliphatic rings. The molecule has 0 aliphatic carbocycles. The summed E-state index contributed by atoms with van der Waals surface area (Å²) in [4.78, 5) is 9.90. The summed E-state index contributed by atoms with van der Waals surface area (Å²) in [5, 5.41) is 0. The van der Waals surface area contributed by atoms with Crippen LogP contribution in [0.1, 0.15) is 15.9 Å². The number of ketones is 1. The minimum atomic E-state index is -4.41. The molecule has 1 rings (SSSR count). The van der Waals surface area contributed by atoms with E-state index in [0.717, 1.165) is 24.3 Å². The Morgan fingerprint density at radius 1 is 1.13 bits per heavy atom. The quantitative estimate of drug-likeness (QED) is 0.583. The van der Waals surface area contributed by atoms with Crippen LogP contribution in [0.4, 0.5) is 13.2 Å². The first-order chi connectivity index (χ1) is 6.82. The van der Waals surface area contributed by atoms with Crippen LogP contribution in [0.3, 0.4) is 0 Å². The summed E-state index contributed by atoms with van der Waals surface area (Å²) in [7, 11) is 0. The van der Waals surface area contributed by atoms with Gasteiger partial charge in [-0.15, -0.1) is 0 Å². The van der Waals surface area contributed by atoms with Crippen LogP contribution in [0, 0.1) is 0 Å². The van der Waals surface area contributed by atoms with Crippen molar-refractivity contribution in [1.82, 2.24) is 0 Å². The van der Waals surface area contributed by atoms with Crippen LogP contribution < -0.4 is 0 Å². The molecule has 0 spiro atoms. The van der Waals surface area contributed by atoms with Crippen LogP contribution in [-0.2, 0) is 6.18 Å². The lowest BCUT2D eigenvalue weighted by Gasteiger charge is -2.07. The van der Waals surface area contributed by atoms with Crippen LogP contribution in [0.5, 0.6) is 0 Å². The molecule has 1 nitrogen and oxygen atoms in total. The lowest BCUT2D eigenvalue weighted by atomic mass is 10.1. The number of rotatable bonds is 2. The van der Waals surface area contributed by atoms with Crippen molar-refractivity contribution in [2.45, 2.75) is 11.0 Å². The zero-order valence-electron chi connectivity index (χ0n) is 7.18. The first kappa shape index (κ1) is 12.3. The van der Waals surface area contributed by atoms with Gasteiger partial charge in [0.2, 0.25) is 0 Å². The highest BCUT2D eigenvalue weighted by molar-refractivity contribution is 6.55. The molecule has 0 fully saturated rings. The maximum atomic E-state index is 12.1. The molecule has 0 radical (unpaired) electrons. The number of hydrogen-bond donors (Lipinski definition) is 0. The van der Waals surface area contributed by atoms with Gasteiger partial charge in [-0.3, -0.25) is 4.79 Å². The molecule has 0 aliphatic heterocycles. The standard InChI is InChI=1S/C9H5Cl2F3O/c10-8(11)7(15)5-1-3-6(4-2-5)9(12,13)14/h1-4,8H. The average Bonchev–Trinajstić information content (AvgIpc) is 2.15. The first-order valence-electron chi connectivity index (χ1n) is 3.82. The Kier molecular flexibility index (Phi) is 3.62. The third kappa shape index (κ3) is 3.11. The molecule has 0 aromatic heterocycles. The average molecular weight is 257 g/mol. The van der Waals surface area contributed by atoms with Crippen molar-refractivity contribution in [3.8, 4) is 0 Å². The number of hydrogen-bond acceptors (Lipinski definition) is 1. The zero-order chi connectivity index (χ0) is 11.6.